The predicted molar refractivity (Wildman–Crippen MR) is 95.0 cm³/mol. The molecule has 0 unspecified atom stereocenters. The van der Waals surface area contributed by atoms with Crippen LogP contribution in [0.5, 0.6) is 5.88 Å². The smallest absolute Gasteiger partial charge is 0.213 e. The number of pyridine rings is 1. The van der Waals surface area contributed by atoms with Crippen molar-refractivity contribution in [3.8, 4) is 5.88 Å². The van der Waals surface area contributed by atoms with E-state index in [1.165, 1.54) is 0 Å². The van der Waals surface area contributed by atoms with Crippen LogP contribution in [-0.4, -0.2) is 24.2 Å². The topological polar surface area (TPSA) is 63.6 Å². The molecule has 0 bridgehead atoms. The summed E-state index contributed by atoms with van der Waals surface area (Å²) in [5.41, 5.74) is 4.39. The molecule has 1 amide bonds. The highest BCUT2D eigenvalue weighted by molar-refractivity contribution is 6.12. The number of amides is 1. The Morgan fingerprint density at radius 3 is 2.54 bits per heavy atom. The number of nitrogens with zero attached hydrogens (tertiary/aromatic N) is 2. The zero-order valence-corrected chi connectivity index (χ0v) is 14.1. The summed E-state index contributed by atoms with van der Waals surface area (Å²) in [5, 5.41) is 2.65. The SMILES string of the molecule is CN=C(/C(C)=C(\C)NC=O)c1ccc(OCc2ccccc2)nc1. The molecule has 1 aromatic carbocycles. The molecule has 124 valence electrons. The number of rotatable bonds is 7. The van der Waals surface area contributed by atoms with E-state index < -0.39 is 0 Å². The maximum absolute atomic E-state index is 10.6. The van der Waals surface area contributed by atoms with Crippen molar-refractivity contribution in [3.05, 3.63) is 71.1 Å². The fraction of sp³-hybridized carbons (Fsp3) is 0.211. The van der Waals surface area contributed by atoms with E-state index in [2.05, 4.69) is 15.3 Å². The molecule has 1 heterocycles. The molecule has 0 aliphatic rings. The number of nitrogens with one attached hydrogen (secondary N) is 1. The van der Waals surface area contributed by atoms with Gasteiger partial charge in [0, 0.05) is 30.6 Å². The average molecular weight is 323 g/mol. The first-order chi connectivity index (χ1) is 11.7. The zero-order chi connectivity index (χ0) is 17.4. The Hall–Kier alpha value is -2.95. The Balaban J connectivity index is 2.10. The minimum absolute atomic E-state index is 0.475. The van der Waals surface area contributed by atoms with E-state index >= 15 is 0 Å². The van der Waals surface area contributed by atoms with Gasteiger partial charge >= 0.3 is 0 Å². The molecule has 2 rings (SSSR count). The highest BCUT2D eigenvalue weighted by Crippen LogP contribution is 2.15. The summed E-state index contributed by atoms with van der Waals surface area (Å²) in [6, 6.07) is 13.7. The maximum Gasteiger partial charge on any atom is 0.213 e. The highest BCUT2D eigenvalue weighted by atomic mass is 16.5. The van der Waals surface area contributed by atoms with Gasteiger partial charge in [0.25, 0.3) is 0 Å². The lowest BCUT2D eigenvalue weighted by Gasteiger charge is -2.11. The van der Waals surface area contributed by atoms with E-state index in [0.717, 1.165) is 28.1 Å². The second kappa shape index (κ2) is 8.62. The van der Waals surface area contributed by atoms with Crippen molar-refractivity contribution in [2.75, 3.05) is 7.05 Å². The van der Waals surface area contributed by atoms with Crippen LogP contribution in [0.1, 0.15) is 25.0 Å². The van der Waals surface area contributed by atoms with E-state index in [1.807, 2.05) is 56.3 Å². The number of hydrogen-bond donors (Lipinski definition) is 1. The molecule has 1 aromatic heterocycles. The van der Waals surface area contributed by atoms with Crippen LogP contribution in [0.25, 0.3) is 0 Å². The number of allylic oxidation sites excluding steroid dienone is 2. The monoisotopic (exact) mass is 323 g/mol. The van der Waals surface area contributed by atoms with Crippen LogP contribution in [0.2, 0.25) is 0 Å². The summed E-state index contributed by atoms with van der Waals surface area (Å²) in [5.74, 6) is 0.558. The fourth-order valence-corrected chi connectivity index (χ4v) is 2.22. The predicted octanol–water partition coefficient (Wildman–Crippen LogP) is 3.12. The normalized spacial score (nSPS) is 12.4. The molecule has 0 aliphatic heterocycles. The molecule has 0 saturated carbocycles. The number of benzene rings is 1. The van der Waals surface area contributed by atoms with E-state index in [0.29, 0.717) is 18.9 Å². The first-order valence-corrected chi connectivity index (χ1v) is 7.63. The molecular formula is C19H21N3O2. The first-order valence-electron chi connectivity index (χ1n) is 7.63. The number of ether oxygens (including phenoxy) is 1. The van der Waals surface area contributed by atoms with E-state index in [-0.39, 0.29) is 0 Å². The Morgan fingerprint density at radius 1 is 1.21 bits per heavy atom. The summed E-state index contributed by atoms with van der Waals surface area (Å²) in [6.07, 6.45) is 2.38. The first kappa shape index (κ1) is 17.4. The van der Waals surface area contributed by atoms with Crippen LogP contribution in [0.4, 0.5) is 0 Å². The summed E-state index contributed by atoms with van der Waals surface area (Å²) >= 11 is 0. The van der Waals surface area contributed by atoms with Crippen molar-refractivity contribution < 1.29 is 9.53 Å². The molecule has 0 saturated heterocycles. The fourth-order valence-electron chi connectivity index (χ4n) is 2.22. The van der Waals surface area contributed by atoms with Gasteiger partial charge in [0.1, 0.15) is 6.61 Å². The lowest BCUT2D eigenvalue weighted by atomic mass is 10.0. The quantitative estimate of drug-likeness (QED) is 0.629. The van der Waals surface area contributed by atoms with Gasteiger partial charge in [-0.05, 0) is 31.1 Å². The van der Waals surface area contributed by atoms with Crippen LogP contribution in [0.15, 0.2) is 64.9 Å². The van der Waals surface area contributed by atoms with Crippen molar-refractivity contribution >= 4 is 12.1 Å². The van der Waals surface area contributed by atoms with Crippen LogP contribution in [0, 0.1) is 0 Å². The zero-order valence-electron chi connectivity index (χ0n) is 14.1. The number of aliphatic imine (C=N–C) groups is 1. The number of carbonyl (C=O) groups is 1. The van der Waals surface area contributed by atoms with Crippen molar-refractivity contribution in [2.24, 2.45) is 4.99 Å². The van der Waals surface area contributed by atoms with Crippen molar-refractivity contribution in [1.29, 1.82) is 0 Å². The van der Waals surface area contributed by atoms with E-state index in [9.17, 15) is 4.79 Å². The van der Waals surface area contributed by atoms with E-state index in [1.54, 1.807) is 13.2 Å². The van der Waals surface area contributed by atoms with Gasteiger partial charge in [-0.1, -0.05) is 30.3 Å². The molecule has 2 aromatic rings. The molecule has 24 heavy (non-hydrogen) atoms. The van der Waals surface area contributed by atoms with Crippen LogP contribution in [0.3, 0.4) is 0 Å². The van der Waals surface area contributed by atoms with Crippen molar-refractivity contribution in [3.63, 3.8) is 0 Å². The van der Waals surface area contributed by atoms with Gasteiger partial charge in [0.2, 0.25) is 12.3 Å². The molecule has 0 aliphatic carbocycles. The van der Waals surface area contributed by atoms with Gasteiger partial charge in [-0.15, -0.1) is 0 Å². The third-order valence-electron chi connectivity index (χ3n) is 3.66. The van der Waals surface area contributed by atoms with Gasteiger partial charge in [-0.25, -0.2) is 4.98 Å². The Labute approximate surface area is 142 Å². The second-order valence-electron chi connectivity index (χ2n) is 5.24. The van der Waals surface area contributed by atoms with Crippen molar-refractivity contribution in [1.82, 2.24) is 10.3 Å². The second-order valence-corrected chi connectivity index (χ2v) is 5.24. The summed E-state index contributed by atoms with van der Waals surface area (Å²) < 4.78 is 5.69. The third-order valence-corrected chi connectivity index (χ3v) is 3.66. The van der Waals surface area contributed by atoms with Gasteiger partial charge in [0.15, 0.2) is 0 Å². The standard InChI is InChI=1S/C19H21N3O2/c1-14(15(2)22-13-23)19(20-3)17-9-10-18(21-11-17)24-12-16-7-5-4-6-8-16/h4-11,13H,12H2,1-3H3,(H,22,23)/b15-14+,20-19?. The summed E-state index contributed by atoms with van der Waals surface area (Å²) in [7, 11) is 1.72. The average Bonchev–Trinajstić information content (AvgIpc) is 2.62. The van der Waals surface area contributed by atoms with Crippen LogP contribution >= 0.6 is 0 Å². The van der Waals surface area contributed by atoms with Gasteiger partial charge in [0.05, 0.1) is 5.71 Å². The molecule has 0 spiro atoms. The molecule has 0 atom stereocenters. The minimum atomic E-state index is 0.475. The molecule has 0 fully saturated rings. The van der Waals surface area contributed by atoms with Crippen molar-refractivity contribution in [2.45, 2.75) is 20.5 Å². The Kier molecular flexibility index (Phi) is 6.25. The van der Waals surface area contributed by atoms with Gasteiger partial charge < -0.3 is 10.1 Å². The lowest BCUT2D eigenvalue weighted by molar-refractivity contribution is -0.108. The number of carbonyl (C=O) groups excluding carboxylic acids is 1. The summed E-state index contributed by atoms with van der Waals surface area (Å²) in [6.45, 7) is 4.22. The highest BCUT2D eigenvalue weighted by Gasteiger charge is 2.09. The minimum Gasteiger partial charge on any atom is -0.473 e. The third kappa shape index (κ3) is 4.52. The number of aromatic nitrogens is 1. The maximum atomic E-state index is 10.6. The van der Waals surface area contributed by atoms with Crippen LogP contribution < -0.4 is 10.1 Å². The lowest BCUT2D eigenvalue weighted by Crippen LogP contribution is -2.14. The number of hydrogen-bond acceptors (Lipinski definition) is 4. The largest absolute Gasteiger partial charge is 0.473 e. The van der Waals surface area contributed by atoms with E-state index in [4.69, 9.17) is 4.74 Å². The molecule has 5 heteroatoms. The van der Waals surface area contributed by atoms with Gasteiger partial charge in [-0.3, -0.25) is 9.79 Å². The molecule has 1 N–H and O–H groups in total. The molecular weight excluding hydrogens is 302 g/mol. The molecule has 0 radical (unpaired) electrons. The Bertz CT molecular complexity index is 735. The van der Waals surface area contributed by atoms with Gasteiger partial charge in [-0.2, -0.15) is 0 Å². The Morgan fingerprint density at radius 2 is 1.96 bits per heavy atom. The summed E-state index contributed by atoms with van der Waals surface area (Å²) in [4.78, 5) is 19.2. The molecule has 5 nitrogen and oxygen atoms in total. The van der Waals surface area contributed by atoms with Crippen LogP contribution in [-0.2, 0) is 11.4 Å².